The second kappa shape index (κ2) is 9.72. The maximum Gasteiger partial charge on any atom is 0.253 e. The maximum absolute atomic E-state index is 13.1. The SMILES string of the molecule is CNC(=O)[C@]1(Cc2ccc(-c3ccncc3)cc2)CN(Cc2c(C)nn(C)c2OC)CCO1. The van der Waals surface area contributed by atoms with Crippen molar-refractivity contribution in [2.45, 2.75) is 25.5 Å². The highest BCUT2D eigenvalue weighted by Crippen LogP contribution is 2.29. The molecule has 8 heteroatoms. The monoisotopic (exact) mass is 449 g/mol. The van der Waals surface area contributed by atoms with E-state index in [9.17, 15) is 4.79 Å². The lowest BCUT2D eigenvalue weighted by Gasteiger charge is -2.41. The third-order valence-electron chi connectivity index (χ3n) is 6.23. The van der Waals surface area contributed by atoms with Gasteiger partial charge in [0.05, 0.1) is 25.0 Å². The number of likely N-dealkylation sites (N-methyl/N-ethyl adjacent to an activating group) is 1. The lowest BCUT2D eigenvalue weighted by atomic mass is 9.90. The predicted molar refractivity (Wildman–Crippen MR) is 126 cm³/mol. The van der Waals surface area contributed by atoms with Crippen molar-refractivity contribution in [1.29, 1.82) is 0 Å². The zero-order chi connectivity index (χ0) is 23.4. The largest absolute Gasteiger partial charge is 0.481 e. The van der Waals surface area contributed by atoms with Crippen LogP contribution in [0.1, 0.15) is 16.8 Å². The number of pyridine rings is 1. The fourth-order valence-electron chi connectivity index (χ4n) is 4.57. The Hall–Kier alpha value is -3.23. The van der Waals surface area contributed by atoms with Crippen molar-refractivity contribution in [3.63, 3.8) is 0 Å². The van der Waals surface area contributed by atoms with Crippen molar-refractivity contribution in [3.05, 3.63) is 65.6 Å². The Bertz CT molecular complexity index is 1100. The number of benzene rings is 1. The molecule has 1 saturated heterocycles. The number of rotatable bonds is 7. The summed E-state index contributed by atoms with van der Waals surface area (Å²) in [5.74, 6) is 0.636. The van der Waals surface area contributed by atoms with Gasteiger partial charge in [-0.05, 0) is 35.7 Å². The standard InChI is InChI=1S/C25H31N5O3/c1-18-22(23(32-4)29(3)28-18)16-30-13-14-33-25(17-30,24(31)26-2)15-19-5-7-20(8-6-19)21-9-11-27-12-10-21/h5-12H,13-17H2,1-4H3,(H,26,31)/t25-/m0/s1. The van der Waals surface area contributed by atoms with Crippen molar-refractivity contribution in [2.24, 2.45) is 7.05 Å². The molecule has 4 rings (SSSR count). The maximum atomic E-state index is 13.1. The lowest BCUT2D eigenvalue weighted by molar-refractivity contribution is -0.160. The highest BCUT2D eigenvalue weighted by atomic mass is 16.5. The molecule has 1 aliphatic rings. The number of aromatic nitrogens is 3. The van der Waals surface area contributed by atoms with E-state index in [0.29, 0.717) is 26.1 Å². The Labute approximate surface area is 194 Å². The predicted octanol–water partition coefficient (Wildman–Crippen LogP) is 2.36. The minimum absolute atomic E-state index is 0.111. The van der Waals surface area contributed by atoms with Gasteiger partial charge in [0.1, 0.15) is 0 Å². The summed E-state index contributed by atoms with van der Waals surface area (Å²) < 4.78 is 13.5. The van der Waals surface area contributed by atoms with Crippen LogP contribution in [0.2, 0.25) is 0 Å². The van der Waals surface area contributed by atoms with E-state index in [4.69, 9.17) is 9.47 Å². The van der Waals surface area contributed by atoms with Gasteiger partial charge in [-0.3, -0.25) is 14.7 Å². The van der Waals surface area contributed by atoms with Crippen LogP contribution in [0.25, 0.3) is 11.1 Å². The summed E-state index contributed by atoms with van der Waals surface area (Å²) in [4.78, 5) is 19.4. The average molecular weight is 450 g/mol. The quantitative estimate of drug-likeness (QED) is 0.596. The van der Waals surface area contributed by atoms with E-state index in [1.807, 2.05) is 26.1 Å². The summed E-state index contributed by atoms with van der Waals surface area (Å²) in [7, 11) is 5.19. The zero-order valence-corrected chi connectivity index (χ0v) is 19.7. The van der Waals surface area contributed by atoms with Crippen LogP contribution >= 0.6 is 0 Å². The van der Waals surface area contributed by atoms with Crippen LogP contribution in [-0.2, 0) is 29.5 Å². The van der Waals surface area contributed by atoms with Gasteiger partial charge >= 0.3 is 0 Å². The molecule has 1 amide bonds. The first-order valence-electron chi connectivity index (χ1n) is 11.1. The van der Waals surface area contributed by atoms with Gasteiger partial charge in [-0.2, -0.15) is 5.10 Å². The fraction of sp³-hybridized carbons (Fsp3) is 0.400. The van der Waals surface area contributed by atoms with Crippen LogP contribution < -0.4 is 10.1 Å². The molecule has 0 saturated carbocycles. The van der Waals surface area contributed by atoms with E-state index in [1.165, 1.54) is 0 Å². The number of methoxy groups -OCH3 is 1. The fourth-order valence-corrected chi connectivity index (χ4v) is 4.57. The van der Waals surface area contributed by atoms with Crippen LogP contribution in [0, 0.1) is 6.92 Å². The van der Waals surface area contributed by atoms with Crippen molar-refractivity contribution >= 4 is 5.91 Å². The van der Waals surface area contributed by atoms with Crippen LogP contribution in [0.3, 0.4) is 0 Å². The number of ether oxygens (including phenoxy) is 2. The minimum atomic E-state index is -0.964. The molecule has 174 valence electrons. The van der Waals surface area contributed by atoms with Gasteiger partial charge < -0.3 is 14.8 Å². The first-order valence-corrected chi connectivity index (χ1v) is 11.1. The van der Waals surface area contributed by atoms with Gasteiger partial charge in [-0.15, -0.1) is 0 Å². The summed E-state index contributed by atoms with van der Waals surface area (Å²) in [6.07, 6.45) is 4.06. The Morgan fingerprint density at radius 2 is 1.88 bits per heavy atom. The molecule has 0 bridgehead atoms. The van der Waals surface area contributed by atoms with E-state index in [1.54, 1.807) is 31.2 Å². The molecule has 1 fully saturated rings. The van der Waals surface area contributed by atoms with Crippen LogP contribution in [0.5, 0.6) is 5.88 Å². The molecule has 0 aliphatic carbocycles. The number of carbonyl (C=O) groups is 1. The number of morpholine rings is 1. The number of nitrogens with one attached hydrogen (secondary N) is 1. The molecular formula is C25H31N5O3. The molecule has 33 heavy (non-hydrogen) atoms. The number of hydrogen-bond acceptors (Lipinski definition) is 6. The summed E-state index contributed by atoms with van der Waals surface area (Å²) in [6, 6.07) is 12.3. The Morgan fingerprint density at radius 3 is 2.55 bits per heavy atom. The molecule has 2 aromatic heterocycles. The Morgan fingerprint density at radius 1 is 1.18 bits per heavy atom. The molecule has 3 heterocycles. The van der Waals surface area contributed by atoms with Gasteiger partial charge in [0.2, 0.25) is 5.88 Å². The first kappa shape index (κ1) is 22.9. The van der Waals surface area contributed by atoms with Crippen LogP contribution in [0.15, 0.2) is 48.8 Å². The molecule has 3 aromatic rings. The molecule has 1 aromatic carbocycles. The number of hydrogen-bond donors (Lipinski definition) is 1. The second-order valence-corrected chi connectivity index (χ2v) is 8.44. The second-order valence-electron chi connectivity index (χ2n) is 8.44. The topological polar surface area (TPSA) is 81.5 Å². The number of aryl methyl sites for hydroxylation is 2. The normalized spacial score (nSPS) is 18.8. The van der Waals surface area contributed by atoms with Gasteiger partial charge in [0.15, 0.2) is 5.60 Å². The van der Waals surface area contributed by atoms with E-state index in [0.717, 1.165) is 40.4 Å². The van der Waals surface area contributed by atoms with Gasteiger partial charge in [0, 0.05) is 52.5 Å². The van der Waals surface area contributed by atoms with Crippen molar-refractivity contribution in [1.82, 2.24) is 25.0 Å². The van der Waals surface area contributed by atoms with Gasteiger partial charge in [-0.25, -0.2) is 4.68 Å². The molecule has 1 N–H and O–H groups in total. The molecule has 1 atom stereocenters. The van der Waals surface area contributed by atoms with Crippen LogP contribution in [0.4, 0.5) is 0 Å². The smallest absolute Gasteiger partial charge is 0.253 e. The minimum Gasteiger partial charge on any atom is -0.481 e. The molecule has 8 nitrogen and oxygen atoms in total. The highest BCUT2D eigenvalue weighted by molar-refractivity contribution is 5.86. The Balaban J connectivity index is 1.55. The van der Waals surface area contributed by atoms with Crippen molar-refractivity contribution < 1.29 is 14.3 Å². The van der Waals surface area contributed by atoms with Crippen LogP contribution in [-0.4, -0.2) is 65.0 Å². The number of nitrogens with zero attached hydrogens (tertiary/aromatic N) is 4. The van der Waals surface area contributed by atoms with E-state index in [-0.39, 0.29) is 5.91 Å². The Kier molecular flexibility index (Phi) is 6.76. The first-order chi connectivity index (χ1) is 16.0. The van der Waals surface area contributed by atoms with Crippen molar-refractivity contribution in [2.75, 3.05) is 33.9 Å². The third-order valence-corrected chi connectivity index (χ3v) is 6.23. The third kappa shape index (κ3) is 4.77. The summed E-state index contributed by atoms with van der Waals surface area (Å²) in [5, 5.41) is 7.30. The number of amides is 1. The van der Waals surface area contributed by atoms with E-state index < -0.39 is 5.60 Å². The molecule has 0 radical (unpaired) electrons. The van der Waals surface area contributed by atoms with Crippen molar-refractivity contribution in [3.8, 4) is 17.0 Å². The molecular weight excluding hydrogens is 418 g/mol. The highest BCUT2D eigenvalue weighted by Gasteiger charge is 2.43. The van der Waals surface area contributed by atoms with E-state index in [2.05, 4.69) is 44.6 Å². The van der Waals surface area contributed by atoms with Gasteiger partial charge in [-0.1, -0.05) is 24.3 Å². The molecule has 1 aliphatic heterocycles. The molecule has 0 spiro atoms. The average Bonchev–Trinajstić information content (AvgIpc) is 3.11. The zero-order valence-electron chi connectivity index (χ0n) is 19.7. The summed E-state index contributed by atoms with van der Waals surface area (Å²) in [6.45, 7) is 4.32. The molecule has 0 unspecified atom stereocenters. The lowest BCUT2D eigenvalue weighted by Crippen LogP contribution is -2.60. The summed E-state index contributed by atoms with van der Waals surface area (Å²) >= 11 is 0. The summed E-state index contributed by atoms with van der Waals surface area (Å²) in [5.41, 5.74) is 4.27. The number of carbonyl (C=O) groups excluding carboxylic acids is 1. The van der Waals surface area contributed by atoms with E-state index >= 15 is 0 Å². The van der Waals surface area contributed by atoms with Gasteiger partial charge in [0.25, 0.3) is 5.91 Å².